The SMILES string of the molecule is CN(C)C(=O)Cc1nc(CN2CC3CNCC3C2)cs1. The maximum atomic E-state index is 11.7. The Hall–Kier alpha value is -0.980. The quantitative estimate of drug-likeness (QED) is 0.875. The van der Waals surface area contributed by atoms with Crippen LogP contribution in [-0.2, 0) is 17.8 Å². The molecule has 2 aliphatic rings. The number of thiazole rings is 1. The number of nitrogens with zero attached hydrogens (tertiary/aromatic N) is 3. The number of fused-ring (bicyclic) bond motifs is 1. The van der Waals surface area contributed by atoms with Gasteiger partial charge < -0.3 is 10.2 Å². The minimum Gasteiger partial charge on any atom is -0.348 e. The molecular weight excluding hydrogens is 272 g/mol. The van der Waals surface area contributed by atoms with E-state index in [1.165, 1.54) is 26.2 Å². The highest BCUT2D eigenvalue weighted by Gasteiger charge is 2.35. The number of amides is 1. The van der Waals surface area contributed by atoms with Gasteiger partial charge in [-0.05, 0) is 24.9 Å². The first-order valence-corrected chi connectivity index (χ1v) is 8.06. The molecule has 6 heteroatoms. The summed E-state index contributed by atoms with van der Waals surface area (Å²) in [5.41, 5.74) is 1.12. The van der Waals surface area contributed by atoms with Crippen LogP contribution in [0.5, 0.6) is 0 Å². The zero-order valence-corrected chi connectivity index (χ0v) is 12.9. The molecule has 2 atom stereocenters. The summed E-state index contributed by atoms with van der Waals surface area (Å²) < 4.78 is 0. The van der Waals surface area contributed by atoms with Gasteiger partial charge in [-0.3, -0.25) is 9.69 Å². The van der Waals surface area contributed by atoms with Crippen molar-refractivity contribution in [1.29, 1.82) is 0 Å². The van der Waals surface area contributed by atoms with Gasteiger partial charge in [0.05, 0.1) is 12.1 Å². The highest BCUT2D eigenvalue weighted by Crippen LogP contribution is 2.27. The molecule has 0 aromatic carbocycles. The Bertz CT molecular complexity index is 475. The molecule has 0 saturated carbocycles. The lowest BCUT2D eigenvalue weighted by Gasteiger charge is -2.15. The van der Waals surface area contributed by atoms with Crippen molar-refractivity contribution in [1.82, 2.24) is 20.1 Å². The van der Waals surface area contributed by atoms with Gasteiger partial charge in [0.1, 0.15) is 5.01 Å². The van der Waals surface area contributed by atoms with Crippen molar-refractivity contribution < 1.29 is 4.79 Å². The van der Waals surface area contributed by atoms with Crippen LogP contribution < -0.4 is 5.32 Å². The van der Waals surface area contributed by atoms with Crippen molar-refractivity contribution in [2.45, 2.75) is 13.0 Å². The van der Waals surface area contributed by atoms with Gasteiger partial charge in [-0.1, -0.05) is 0 Å². The first-order chi connectivity index (χ1) is 9.61. The highest BCUT2D eigenvalue weighted by molar-refractivity contribution is 7.09. The van der Waals surface area contributed by atoms with E-state index in [0.29, 0.717) is 6.42 Å². The van der Waals surface area contributed by atoms with Crippen LogP contribution in [-0.4, -0.2) is 61.0 Å². The summed E-state index contributed by atoms with van der Waals surface area (Å²) in [6.45, 7) is 5.63. The summed E-state index contributed by atoms with van der Waals surface area (Å²) in [6.07, 6.45) is 0.423. The maximum Gasteiger partial charge on any atom is 0.228 e. The smallest absolute Gasteiger partial charge is 0.228 e. The van der Waals surface area contributed by atoms with E-state index in [0.717, 1.165) is 29.1 Å². The van der Waals surface area contributed by atoms with Crippen molar-refractivity contribution in [3.8, 4) is 0 Å². The second kappa shape index (κ2) is 5.79. The average molecular weight is 294 g/mol. The lowest BCUT2D eigenvalue weighted by atomic mass is 10.0. The van der Waals surface area contributed by atoms with E-state index in [4.69, 9.17) is 0 Å². The molecule has 1 amide bonds. The number of carbonyl (C=O) groups excluding carboxylic acids is 1. The van der Waals surface area contributed by atoms with Crippen LogP contribution in [0.3, 0.4) is 0 Å². The van der Waals surface area contributed by atoms with Gasteiger partial charge in [0.25, 0.3) is 0 Å². The third kappa shape index (κ3) is 3.02. The normalized spacial score (nSPS) is 25.9. The largest absolute Gasteiger partial charge is 0.348 e. The fourth-order valence-electron chi connectivity index (χ4n) is 3.10. The second-order valence-electron chi connectivity index (χ2n) is 6.07. The van der Waals surface area contributed by atoms with Gasteiger partial charge in [-0.25, -0.2) is 4.98 Å². The minimum absolute atomic E-state index is 0.118. The number of hydrogen-bond acceptors (Lipinski definition) is 5. The molecule has 20 heavy (non-hydrogen) atoms. The molecule has 0 spiro atoms. The first kappa shape index (κ1) is 14.0. The summed E-state index contributed by atoms with van der Waals surface area (Å²) in [5, 5.41) is 6.49. The van der Waals surface area contributed by atoms with Crippen LogP contribution in [0.15, 0.2) is 5.38 Å². The van der Waals surface area contributed by atoms with Crippen LogP contribution in [0.1, 0.15) is 10.7 Å². The average Bonchev–Trinajstić information content (AvgIpc) is 3.05. The fourth-order valence-corrected chi connectivity index (χ4v) is 3.88. The molecule has 2 unspecified atom stereocenters. The molecule has 0 aliphatic carbocycles. The number of hydrogen-bond donors (Lipinski definition) is 1. The van der Waals surface area contributed by atoms with Gasteiger partial charge in [0.2, 0.25) is 5.91 Å². The molecule has 5 nitrogen and oxygen atoms in total. The monoisotopic (exact) mass is 294 g/mol. The summed E-state index contributed by atoms with van der Waals surface area (Å²) >= 11 is 1.60. The summed E-state index contributed by atoms with van der Waals surface area (Å²) in [7, 11) is 3.57. The molecule has 1 aromatic heterocycles. The van der Waals surface area contributed by atoms with Crippen molar-refractivity contribution >= 4 is 17.2 Å². The summed E-state index contributed by atoms with van der Waals surface area (Å²) in [5.74, 6) is 1.76. The third-order valence-electron chi connectivity index (χ3n) is 4.25. The minimum atomic E-state index is 0.118. The Morgan fingerprint density at radius 1 is 1.45 bits per heavy atom. The Morgan fingerprint density at radius 3 is 2.80 bits per heavy atom. The number of likely N-dealkylation sites (N-methyl/N-ethyl adjacent to an activating group) is 1. The van der Waals surface area contributed by atoms with E-state index >= 15 is 0 Å². The third-order valence-corrected chi connectivity index (χ3v) is 5.15. The zero-order valence-electron chi connectivity index (χ0n) is 12.1. The predicted octanol–water partition coefficient (Wildman–Crippen LogP) is 0.425. The Labute approximate surface area is 124 Å². The van der Waals surface area contributed by atoms with Crippen LogP contribution >= 0.6 is 11.3 Å². The lowest BCUT2D eigenvalue weighted by molar-refractivity contribution is -0.127. The molecule has 2 fully saturated rings. The van der Waals surface area contributed by atoms with Gasteiger partial charge >= 0.3 is 0 Å². The number of nitrogens with one attached hydrogen (secondary N) is 1. The first-order valence-electron chi connectivity index (χ1n) is 7.18. The number of aromatic nitrogens is 1. The standard InChI is InChI=1S/C14H22N4OS/c1-17(2)14(19)3-13-16-12(9-20-13)8-18-6-10-4-15-5-11(10)7-18/h9-11,15H,3-8H2,1-2H3. The van der Waals surface area contributed by atoms with E-state index in [1.54, 1.807) is 30.3 Å². The fraction of sp³-hybridized carbons (Fsp3) is 0.714. The Morgan fingerprint density at radius 2 is 2.15 bits per heavy atom. The van der Waals surface area contributed by atoms with Gasteiger partial charge in [-0.15, -0.1) is 11.3 Å². The van der Waals surface area contributed by atoms with Crippen LogP contribution in [0.2, 0.25) is 0 Å². The molecule has 1 aromatic rings. The molecule has 3 rings (SSSR count). The molecule has 0 bridgehead atoms. The topological polar surface area (TPSA) is 48.5 Å². The van der Waals surface area contributed by atoms with E-state index < -0.39 is 0 Å². The van der Waals surface area contributed by atoms with Crippen LogP contribution in [0.25, 0.3) is 0 Å². The van der Waals surface area contributed by atoms with Crippen molar-refractivity contribution in [3.63, 3.8) is 0 Å². The lowest BCUT2D eigenvalue weighted by Crippen LogP contribution is -2.25. The number of rotatable bonds is 4. The molecule has 2 aliphatic heterocycles. The summed E-state index contributed by atoms with van der Waals surface area (Å²) in [4.78, 5) is 20.4. The molecule has 2 saturated heterocycles. The van der Waals surface area contributed by atoms with Gasteiger partial charge in [0.15, 0.2) is 0 Å². The van der Waals surface area contributed by atoms with E-state index in [9.17, 15) is 4.79 Å². The zero-order chi connectivity index (χ0) is 14.1. The molecule has 1 N–H and O–H groups in total. The van der Waals surface area contributed by atoms with Crippen molar-refractivity contribution in [2.75, 3.05) is 40.3 Å². The predicted molar refractivity (Wildman–Crippen MR) is 79.6 cm³/mol. The molecule has 110 valence electrons. The van der Waals surface area contributed by atoms with Crippen LogP contribution in [0, 0.1) is 11.8 Å². The van der Waals surface area contributed by atoms with E-state index in [-0.39, 0.29) is 5.91 Å². The van der Waals surface area contributed by atoms with Crippen molar-refractivity contribution in [2.24, 2.45) is 11.8 Å². The van der Waals surface area contributed by atoms with E-state index in [1.807, 2.05) is 0 Å². The van der Waals surface area contributed by atoms with Gasteiger partial charge in [-0.2, -0.15) is 0 Å². The Balaban J connectivity index is 1.54. The summed E-state index contributed by atoms with van der Waals surface area (Å²) in [6, 6.07) is 0. The number of carbonyl (C=O) groups is 1. The van der Waals surface area contributed by atoms with Crippen LogP contribution in [0.4, 0.5) is 0 Å². The second-order valence-corrected chi connectivity index (χ2v) is 7.01. The molecule has 3 heterocycles. The highest BCUT2D eigenvalue weighted by atomic mass is 32.1. The molecule has 0 radical (unpaired) electrons. The number of likely N-dealkylation sites (tertiary alicyclic amines) is 1. The van der Waals surface area contributed by atoms with E-state index in [2.05, 4.69) is 20.6 Å². The maximum absolute atomic E-state index is 11.7. The molecular formula is C14H22N4OS. The van der Waals surface area contributed by atoms with Crippen molar-refractivity contribution in [3.05, 3.63) is 16.1 Å². The van der Waals surface area contributed by atoms with Gasteiger partial charge in [0, 0.05) is 39.1 Å². The Kier molecular flexibility index (Phi) is 4.05.